The molecule has 0 fully saturated rings. The Bertz CT molecular complexity index is 463. The van der Waals surface area contributed by atoms with E-state index in [9.17, 15) is 15.3 Å². The number of hydrogen-bond acceptors (Lipinski definition) is 5. The molecule has 5 heteroatoms. The summed E-state index contributed by atoms with van der Waals surface area (Å²) in [4.78, 5) is 4.62. The molecule has 0 aliphatic heterocycles. The standard InChI is InChI=1S/C30H60N2O3/c1-3-4-5-6-7-8-9-10-11-12-13-14-15-16-17-18-22-31(23-19-26-33)29-30(2)32(24-20-27-34)25-21-28-35/h16-18,22,30,33-35H,3-15,19-21,23-29H2,1-2H3. The second-order valence-corrected chi connectivity index (χ2v) is 10.1. The van der Waals surface area contributed by atoms with Gasteiger partial charge in [-0.3, -0.25) is 4.90 Å². The molecule has 0 aliphatic rings. The minimum Gasteiger partial charge on any atom is -0.396 e. The summed E-state index contributed by atoms with van der Waals surface area (Å²) in [6, 6.07) is 0.321. The van der Waals surface area contributed by atoms with Gasteiger partial charge in [-0.1, -0.05) is 89.7 Å². The SMILES string of the molecule is CCCCCCCCCCCCCCC=CC=CN(CCCO)CC(C)N(CCCO)CCCO. The van der Waals surface area contributed by atoms with Gasteiger partial charge >= 0.3 is 0 Å². The van der Waals surface area contributed by atoms with Crippen LogP contribution in [-0.4, -0.2) is 77.2 Å². The molecular weight excluding hydrogens is 436 g/mol. The van der Waals surface area contributed by atoms with E-state index in [4.69, 9.17) is 0 Å². The van der Waals surface area contributed by atoms with Crippen molar-refractivity contribution in [2.24, 2.45) is 0 Å². The predicted molar refractivity (Wildman–Crippen MR) is 152 cm³/mol. The van der Waals surface area contributed by atoms with Crippen LogP contribution in [0.2, 0.25) is 0 Å². The van der Waals surface area contributed by atoms with Gasteiger partial charge in [-0.05, 0) is 51.3 Å². The van der Waals surface area contributed by atoms with Crippen molar-refractivity contribution in [3.63, 3.8) is 0 Å². The van der Waals surface area contributed by atoms with Gasteiger partial charge in [-0.15, -0.1) is 0 Å². The summed E-state index contributed by atoms with van der Waals surface area (Å²) in [6.07, 6.45) is 28.8. The lowest BCUT2D eigenvalue weighted by molar-refractivity contribution is 0.140. The van der Waals surface area contributed by atoms with Crippen LogP contribution in [0.25, 0.3) is 0 Å². The number of aliphatic hydroxyl groups excluding tert-OH is 3. The van der Waals surface area contributed by atoms with Gasteiger partial charge in [0.25, 0.3) is 0 Å². The number of allylic oxidation sites excluding steroid dienone is 3. The highest BCUT2D eigenvalue weighted by atomic mass is 16.3. The molecule has 35 heavy (non-hydrogen) atoms. The first-order valence-corrected chi connectivity index (χ1v) is 14.8. The Hall–Kier alpha value is -0.880. The molecule has 1 unspecified atom stereocenters. The Morgan fingerprint density at radius 3 is 1.60 bits per heavy atom. The van der Waals surface area contributed by atoms with Gasteiger partial charge in [-0.25, -0.2) is 0 Å². The normalized spacial score (nSPS) is 13.0. The van der Waals surface area contributed by atoms with E-state index in [1.807, 2.05) is 0 Å². The Kier molecular flexibility index (Phi) is 27.0. The molecule has 0 spiro atoms. The van der Waals surface area contributed by atoms with Crippen LogP contribution in [0.4, 0.5) is 0 Å². The van der Waals surface area contributed by atoms with E-state index in [-0.39, 0.29) is 19.8 Å². The highest BCUT2D eigenvalue weighted by Crippen LogP contribution is 2.12. The number of hydrogen-bond donors (Lipinski definition) is 3. The smallest absolute Gasteiger partial charge is 0.0447 e. The fourth-order valence-corrected chi connectivity index (χ4v) is 4.50. The largest absolute Gasteiger partial charge is 0.396 e. The van der Waals surface area contributed by atoms with Crippen LogP contribution in [0.1, 0.15) is 117 Å². The minimum absolute atomic E-state index is 0.195. The first kappa shape index (κ1) is 34.1. The van der Waals surface area contributed by atoms with Gasteiger partial charge in [0, 0.05) is 52.0 Å². The third-order valence-corrected chi connectivity index (χ3v) is 6.70. The van der Waals surface area contributed by atoms with Crippen LogP contribution >= 0.6 is 0 Å². The number of nitrogens with zero attached hydrogens (tertiary/aromatic N) is 2. The topological polar surface area (TPSA) is 67.2 Å². The van der Waals surface area contributed by atoms with Gasteiger partial charge in [0.1, 0.15) is 0 Å². The second kappa shape index (κ2) is 27.7. The number of unbranched alkanes of at least 4 members (excludes halogenated alkanes) is 12. The molecule has 0 saturated carbocycles. The van der Waals surface area contributed by atoms with E-state index in [0.717, 1.165) is 51.9 Å². The molecule has 0 aliphatic carbocycles. The van der Waals surface area contributed by atoms with Crippen molar-refractivity contribution < 1.29 is 15.3 Å². The molecule has 208 valence electrons. The lowest BCUT2D eigenvalue weighted by Gasteiger charge is -2.33. The Labute approximate surface area is 218 Å². The van der Waals surface area contributed by atoms with Crippen LogP contribution in [0.3, 0.4) is 0 Å². The maximum atomic E-state index is 9.27. The Morgan fingerprint density at radius 2 is 1.09 bits per heavy atom. The first-order chi connectivity index (χ1) is 17.2. The Balaban J connectivity index is 4.09. The quantitative estimate of drug-likeness (QED) is 0.0921. The average molecular weight is 497 g/mol. The molecule has 0 amide bonds. The van der Waals surface area contributed by atoms with Crippen molar-refractivity contribution in [3.8, 4) is 0 Å². The van der Waals surface area contributed by atoms with E-state index in [0.29, 0.717) is 6.04 Å². The molecule has 0 aromatic carbocycles. The molecule has 0 aromatic rings. The van der Waals surface area contributed by atoms with E-state index in [1.54, 1.807) is 0 Å². The van der Waals surface area contributed by atoms with E-state index in [1.165, 1.54) is 77.0 Å². The molecule has 0 rings (SSSR count). The van der Waals surface area contributed by atoms with Crippen molar-refractivity contribution in [1.29, 1.82) is 0 Å². The molecule has 0 bridgehead atoms. The lowest BCUT2D eigenvalue weighted by atomic mass is 10.0. The zero-order valence-corrected chi connectivity index (χ0v) is 23.4. The lowest BCUT2D eigenvalue weighted by Crippen LogP contribution is -2.42. The van der Waals surface area contributed by atoms with Gasteiger partial charge in [0.15, 0.2) is 0 Å². The summed E-state index contributed by atoms with van der Waals surface area (Å²) in [5.41, 5.74) is 0. The zero-order valence-electron chi connectivity index (χ0n) is 23.4. The summed E-state index contributed by atoms with van der Waals surface area (Å²) in [5.74, 6) is 0. The monoisotopic (exact) mass is 496 g/mol. The molecule has 1 atom stereocenters. The first-order valence-electron chi connectivity index (χ1n) is 14.8. The molecule has 0 heterocycles. The molecule has 0 aromatic heterocycles. The van der Waals surface area contributed by atoms with Gasteiger partial charge in [0.05, 0.1) is 0 Å². The van der Waals surface area contributed by atoms with Crippen LogP contribution < -0.4 is 0 Å². The van der Waals surface area contributed by atoms with Crippen molar-refractivity contribution >= 4 is 0 Å². The van der Waals surface area contributed by atoms with Crippen LogP contribution in [0.15, 0.2) is 24.4 Å². The van der Waals surface area contributed by atoms with Crippen LogP contribution in [0.5, 0.6) is 0 Å². The van der Waals surface area contributed by atoms with E-state index >= 15 is 0 Å². The summed E-state index contributed by atoms with van der Waals surface area (Å²) in [6.45, 7) is 8.47. The minimum atomic E-state index is 0.195. The molecular formula is C30H60N2O3. The van der Waals surface area contributed by atoms with Crippen molar-refractivity contribution in [1.82, 2.24) is 9.80 Å². The van der Waals surface area contributed by atoms with Gasteiger partial charge < -0.3 is 20.2 Å². The molecule has 0 saturated heterocycles. The fourth-order valence-electron chi connectivity index (χ4n) is 4.50. The third-order valence-electron chi connectivity index (χ3n) is 6.70. The summed E-state index contributed by atoms with van der Waals surface area (Å²) < 4.78 is 0. The van der Waals surface area contributed by atoms with Crippen LogP contribution in [0, 0.1) is 0 Å². The van der Waals surface area contributed by atoms with Crippen LogP contribution in [-0.2, 0) is 0 Å². The van der Waals surface area contributed by atoms with E-state index < -0.39 is 0 Å². The number of rotatable bonds is 27. The van der Waals surface area contributed by atoms with Crippen molar-refractivity contribution in [2.45, 2.75) is 123 Å². The van der Waals surface area contributed by atoms with Gasteiger partial charge in [-0.2, -0.15) is 0 Å². The summed E-state index contributed by atoms with van der Waals surface area (Å²) in [5, 5.41) is 27.7. The molecule has 0 radical (unpaired) electrons. The van der Waals surface area contributed by atoms with Crippen molar-refractivity contribution in [3.05, 3.63) is 24.4 Å². The maximum absolute atomic E-state index is 9.27. The molecule has 5 nitrogen and oxygen atoms in total. The average Bonchev–Trinajstić information content (AvgIpc) is 2.86. The molecule has 3 N–H and O–H groups in total. The summed E-state index contributed by atoms with van der Waals surface area (Å²) in [7, 11) is 0. The fraction of sp³-hybridized carbons (Fsp3) is 0.867. The highest BCUT2D eigenvalue weighted by Gasteiger charge is 2.15. The third kappa shape index (κ3) is 23.3. The van der Waals surface area contributed by atoms with Crippen molar-refractivity contribution in [2.75, 3.05) is 46.0 Å². The predicted octanol–water partition coefficient (Wildman–Crippen LogP) is 6.29. The summed E-state index contributed by atoms with van der Waals surface area (Å²) >= 11 is 0. The zero-order chi connectivity index (χ0) is 25.8. The highest BCUT2D eigenvalue weighted by molar-refractivity contribution is 5.02. The van der Waals surface area contributed by atoms with E-state index in [2.05, 4.69) is 48.1 Å². The maximum Gasteiger partial charge on any atom is 0.0447 e. The Morgan fingerprint density at radius 1 is 0.600 bits per heavy atom. The van der Waals surface area contributed by atoms with Gasteiger partial charge in [0.2, 0.25) is 0 Å². The number of aliphatic hydroxyl groups is 3. The second-order valence-electron chi connectivity index (χ2n) is 10.1.